The van der Waals surface area contributed by atoms with Crippen molar-refractivity contribution < 1.29 is 9.72 Å². The average Bonchev–Trinajstić information content (AvgIpc) is 3.13. The lowest BCUT2D eigenvalue weighted by Gasteiger charge is -2.14. The molecule has 96 valence electrons. The minimum absolute atomic E-state index is 0.0376. The number of non-ortho nitro benzene ring substituents is 1. The highest BCUT2D eigenvalue weighted by atomic mass is 16.6. The van der Waals surface area contributed by atoms with Gasteiger partial charge < -0.3 is 10.6 Å². The van der Waals surface area contributed by atoms with Crippen LogP contribution < -0.4 is 10.6 Å². The fraction of sp³-hybridized carbons (Fsp3) is 0.417. The third kappa shape index (κ3) is 3.19. The third-order valence-corrected chi connectivity index (χ3v) is 2.78. The van der Waals surface area contributed by atoms with Gasteiger partial charge in [0.15, 0.2) is 0 Å². The molecular weight excluding hydrogens is 234 g/mol. The second-order valence-corrected chi connectivity index (χ2v) is 4.45. The Balaban J connectivity index is 1.91. The van der Waals surface area contributed by atoms with Crippen molar-refractivity contribution in [2.75, 3.05) is 5.32 Å². The Morgan fingerprint density at radius 1 is 1.39 bits per heavy atom. The molecule has 0 saturated heterocycles. The molecule has 1 saturated carbocycles. The molecule has 1 unspecified atom stereocenters. The van der Waals surface area contributed by atoms with E-state index in [1.54, 1.807) is 19.1 Å². The molecule has 1 atom stereocenters. The highest BCUT2D eigenvalue weighted by Crippen LogP contribution is 2.19. The van der Waals surface area contributed by atoms with Gasteiger partial charge in [-0.1, -0.05) is 0 Å². The first-order valence-corrected chi connectivity index (χ1v) is 5.87. The first-order valence-electron chi connectivity index (χ1n) is 5.87. The van der Waals surface area contributed by atoms with Gasteiger partial charge in [-0.3, -0.25) is 14.9 Å². The maximum absolute atomic E-state index is 11.7. The van der Waals surface area contributed by atoms with Crippen LogP contribution in [0.2, 0.25) is 0 Å². The van der Waals surface area contributed by atoms with Crippen molar-refractivity contribution in [3.63, 3.8) is 0 Å². The molecule has 0 radical (unpaired) electrons. The van der Waals surface area contributed by atoms with Gasteiger partial charge in [0, 0.05) is 23.9 Å². The summed E-state index contributed by atoms with van der Waals surface area (Å²) in [5, 5.41) is 16.4. The van der Waals surface area contributed by atoms with Crippen molar-refractivity contribution in [2.45, 2.75) is 31.8 Å². The Labute approximate surface area is 105 Å². The molecule has 0 bridgehead atoms. The minimum atomic E-state index is -0.451. The summed E-state index contributed by atoms with van der Waals surface area (Å²) in [4.78, 5) is 21.7. The number of anilines is 1. The van der Waals surface area contributed by atoms with Crippen molar-refractivity contribution in [1.82, 2.24) is 5.32 Å². The van der Waals surface area contributed by atoms with Crippen molar-refractivity contribution in [3.05, 3.63) is 34.4 Å². The lowest BCUT2D eigenvalue weighted by atomic mass is 10.2. The summed E-state index contributed by atoms with van der Waals surface area (Å²) in [6, 6.07) is 5.99. The molecule has 2 N–H and O–H groups in total. The molecule has 0 spiro atoms. The summed E-state index contributed by atoms with van der Waals surface area (Å²) in [6.45, 7) is 1.76. The molecule has 1 aliphatic carbocycles. The lowest BCUT2D eigenvalue weighted by molar-refractivity contribution is -0.384. The second-order valence-electron chi connectivity index (χ2n) is 4.45. The van der Waals surface area contributed by atoms with E-state index >= 15 is 0 Å². The van der Waals surface area contributed by atoms with E-state index in [1.807, 2.05) is 0 Å². The summed E-state index contributed by atoms with van der Waals surface area (Å²) in [7, 11) is 0. The number of nitro benzene ring substituents is 1. The topological polar surface area (TPSA) is 84.3 Å². The molecule has 0 aliphatic heterocycles. The first-order chi connectivity index (χ1) is 8.56. The molecule has 1 aliphatic rings. The molecule has 1 aromatic carbocycles. The number of amides is 1. The molecule has 2 rings (SSSR count). The van der Waals surface area contributed by atoms with E-state index in [-0.39, 0.29) is 17.6 Å². The van der Waals surface area contributed by atoms with Gasteiger partial charge in [0.2, 0.25) is 5.91 Å². The van der Waals surface area contributed by atoms with Crippen LogP contribution in [0, 0.1) is 10.1 Å². The van der Waals surface area contributed by atoms with Gasteiger partial charge in [0.1, 0.15) is 6.04 Å². The van der Waals surface area contributed by atoms with Crippen LogP contribution in [0.25, 0.3) is 0 Å². The van der Waals surface area contributed by atoms with Crippen LogP contribution in [0.15, 0.2) is 24.3 Å². The van der Waals surface area contributed by atoms with E-state index < -0.39 is 4.92 Å². The number of nitrogens with zero attached hydrogens (tertiary/aromatic N) is 1. The van der Waals surface area contributed by atoms with Crippen LogP contribution >= 0.6 is 0 Å². The molecule has 0 heterocycles. The fourth-order valence-corrected chi connectivity index (χ4v) is 1.55. The van der Waals surface area contributed by atoms with Crippen molar-refractivity contribution >= 4 is 17.3 Å². The van der Waals surface area contributed by atoms with Crippen LogP contribution in [0.1, 0.15) is 19.8 Å². The Morgan fingerprint density at radius 2 is 2.00 bits per heavy atom. The van der Waals surface area contributed by atoms with Crippen LogP contribution in [-0.4, -0.2) is 22.9 Å². The largest absolute Gasteiger partial charge is 0.374 e. The summed E-state index contributed by atoms with van der Waals surface area (Å²) in [5.41, 5.74) is 0.731. The number of nitro groups is 1. The van der Waals surface area contributed by atoms with E-state index in [2.05, 4.69) is 10.6 Å². The number of hydrogen-bond acceptors (Lipinski definition) is 4. The van der Waals surface area contributed by atoms with Crippen LogP contribution in [0.3, 0.4) is 0 Å². The Morgan fingerprint density at radius 3 is 2.50 bits per heavy atom. The summed E-state index contributed by atoms with van der Waals surface area (Å²) in [6.07, 6.45) is 2.10. The maximum atomic E-state index is 11.7. The zero-order chi connectivity index (χ0) is 13.1. The average molecular weight is 249 g/mol. The van der Waals surface area contributed by atoms with Gasteiger partial charge in [-0.05, 0) is 31.9 Å². The van der Waals surface area contributed by atoms with Gasteiger partial charge in [-0.25, -0.2) is 0 Å². The monoisotopic (exact) mass is 249 g/mol. The number of carbonyl (C=O) groups excluding carboxylic acids is 1. The van der Waals surface area contributed by atoms with Gasteiger partial charge in [-0.15, -0.1) is 0 Å². The van der Waals surface area contributed by atoms with Gasteiger partial charge >= 0.3 is 0 Å². The maximum Gasteiger partial charge on any atom is 0.269 e. The Hall–Kier alpha value is -2.11. The number of nitrogens with one attached hydrogen (secondary N) is 2. The molecular formula is C12H15N3O3. The van der Waals surface area contributed by atoms with Crippen molar-refractivity contribution in [1.29, 1.82) is 0 Å². The zero-order valence-electron chi connectivity index (χ0n) is 10.1. The summed E-state index contributed by atoms with van der Waals surface area (Å²) in [5.74, 6) is -0.0455. The molecule has 1 amide bonds. The SMILES string of the molecule is CC(Nc1ccc([N+](=O)[O-])cc1)C(=O)NC1CC1. The molecule has 18 heavy (non-hydrogen) atoms. The molecule has 6 nitrogen and oxygen atoms in total. The van der Waals surface area contributed by atoms with Crippen LogP contribution in [0.5, 0.6) is 0 Å². The molecule has 0 aromatic heterocycles. The predicted octanol–water partition coefficient (Wildman–Crippen LogP) is 1.67. The Bertz CT molecular complexity index is 454. The van der Waals surface area contributed by atoms with Crippen molar-refractivity contribution in [3.8, 4) is 0 Å². The van der Waals surface area contributed by atoms with E-state index in [9.17, 15) is 14.9 Å². The second kappa shape index (κ2) is 5.03. The first kappa shape index (κ1) is 12.3. The molecule has 1 aromatic rings. The summed E-state index contributed by atoms with van der Waals surface area (Å²) < 4.78 is 0. The summed E-state index contributed by atoms with van der Waals surface area (Å²) >= 11 is 0. The third-order valence-electron chi connectivity index (χ3n) is 2.78. The Kier molecular flexibility index (Phi) is 3.45. The van der Waals surface area contributed by atoms with E-state index in [0.29, 0.717) is 11.7 Å². The van der Waals surface area contributed by atoms with Crippen LogP contribution in [-0.2, 0) is 4.79 Å². The van der Waals surface area contributed by atoms with E-state index in [1.165, 1.54) is 12.1 Å². The lowest BCUT2D eigenvalue weighted by Crippen LogP contribution is -2.38. The highest BCUT2D eigenvalue weighted by molar-refractivity contribution is 5.84. The molecule has 1 fully saturated rings. The van der Waals surface area contributed by atoms with Crippen LogP contribution in [0.4, 0.5) is 11.4 Å². The van der Waals surface area contributed by atoms with Gasteiger partial charge in [0.05, 0.1) is 4.92 Å². The van der Waals surface area contributed by atoms with Crippen molar-refractivity contribution in [2.24, 2.45) is 0 Å². The van der Waals surface area contributed by atoms with E-state index in [4.69, 9.17) is 0 Å². The van der Waals surface area contributed by atoms with Gasteiger partial charge in [0.25, 0.3) is 5.69 Å². The smallest absolute Gasteiger partial charge is 0.269 e. The van der Waals surface area contributed by atoms with Gasteiger partial charge in [-0.2, -0.15) is 0 Å². The number of carbonyl (C=O) groups is 1. The van der Waals surface area contributed by atoms with E-state index in [0.717, 1.165) is 12.8 Å². The fourth-order valence-electron chi connectivity index (χ4n) is 1.55. The highest BCUT2D eigenvalue weighted by Gasteiger charge is 2.25. The zero-order valence-corrected chi connectivity index (χ0v) is 10.1. The predicted molar refractivity (Wildman–Crippen MR) is 67.3 cm³/mol. The number of benzene rings is 1. The molecule has 6 heteroatoms. The minimum Gasteiger partial charge on any atom is -0.374 e. The normalized spacial score (nSPS) is 15.8. The quantitative estimate of drug-likeness (QED) is 0.614. The number of rotatable bonds is 5. The number of hydrogen-bond donors (Lipinski definition) is 2. The standard InChI is InChI=1S/C12H15N3O3/c1-8(12(16)14-10-2-3-10)13-9-4-6-11(7-5-9)15(17)18/h4-8,10,13H,2-3H2,1H3,(H,14,16).